The van der Waals surface area contributed by atoms with E-state index in [1.54, 1.807) is 6.07 Å². The topological polar surface area (TPSA) is 74.7 Å². The van der Waals surface area contributed by atoms with Crippen LogP contribution in [0.4, 0.5) is 11.5 Å². The van der Waals surface area contributed by atoms with Gasteiger partial charge in [-0.25, -0.2) is 4.98 Å². The van der Waals surface area contributed by atoms with E-state index in [2.05, 4.69) is 16.4 Å². The molecular weight excluding hydrogens is 236 g/mol. The fraction of sp³-hybridized carbons (Fsp3) is 0.200. The van der Waals surface area contributed by atoms with Gasteiger partial charge in [-0.2, -0.15) is 5.26 Å². The molecule has 1 aromatic carbocycles. The second-order valence-corrected chi connectivity index (χ2v) is 4.38. The maximum Gasteiger partial charge on any atom is 0.144 e. The Hall–Kier alpha value is -2.54. The van der Waals surface area contributed by atoms with Crippen molar-refractivity contribution in [2.24, 2.45) is 0 Å². The molecule has 4 heteroatoms. The summed E-state index contributed by atoms with van der Waals surface area (Å²) in [5.41, 5.74) is 9.08. The average Bonchev–Trinajstić information content (AvgIpc) is 2.41. The second kappa shape index (κ2) is 5.87. The molecule has 3 N–H and O–H groups in total. The number of hydrogen-bond acceptors (Lipinski definition) is 4. The first-order chi connectivity index (χ1) is 9.19. The van der Waals surface area contributed by atoms with E-state index >= 15 is 0 Å². The van der Waals surface area contributed by atoms with Gasteiger partial charge in [0.2, 0.25) is 0 Å². The van der Waals surface area contributed by atoms with Crippen LogP contribution in [-0.4, -0.2) is 11.5 Å². The minimum Gasteiger partial charge on any atom is -0.399 e. The fourth-order valence-electron chi connectivity index (χ4n) is 1.79. The number of hydrogen-bond donors (Lipinski definition) is 2. The number of nitriles is 1. The van der Waals surface area contributed by atoms with Crippen LogP contribution < -0.4 is 11.1 Å². The van der Waals surface area contributed by atoms with Gasteiger partial charge in [0.05, 0.1) is 5.56 Å². The van der Waals surface area contributed by atoms with Crippen LogP contribution in [0.25, 0.3) is 0 Å². The quantitative estimate of drug-likeness (QED) is 0.820. The van der Waals surface area contributed by atoms with Crippen molar-refractivity contribution in [1.29, 1.82) is 5.26 Å². The summed E-state index contributed by atoms with van der Waals surface area (Å²) in [7, 11) is 0. The Balaban J connectivity index is 1.98. The molecule has 1 aromatic heterocycles. The smallest absolute Gasteiger partial charge is 0.144 e. The van der Waals surface area contributed by atoms with Crippen LogP contribution in [0, 0.1) is 18.3 Å². The van der Waals surface area contributed by atoms with E-state index in [4.69, 9.17) is 11.0 Å². The molecule has 0 aliphatic rings. The lowest BCUT2D eigenvalue weighted by molar-refractivity contribution is 0.999. The first-order valence-electron chi connectivity index (χ1n) is 6.15. The molecule has 2 rings (SSSR count). The van der Waals surface area contributed by atoms with Gasteiger partial charge in [0.1, 0.15) is 11.9 Å². The molecule has 0 unspecified atom stereocenters. The number of pyridine rings is 1. The van der Waals surface area contributed by atoms with Crippen LogP contribution >= 0.6 is 0 Å². The molecule has 0 saturated heterocycles. The lowest BCUT2D eigenvalue weighted by Crippen LogP contribution is -2.08. The van der Waals surface area contributed by atoms with Gasteiger partial charge in [-0.3, -0.25) is 0 Å². The summed E-state index contributed by atoms with van der Waals surface area (Å²) in [6.07, 6.45) is 0.862. The van der Waals surface area contributed by atoms with Crippen LogP contribution in [0.1, 0.15) is 16.8 Å². The Morgan fingerprint density at radius 2 is 1.95 bits per heavy atom. The molecule has 0 amide bonds. The number of nitrogens with one attached hydrogen (secondary N) is 1. The van der Waals surface area contributed by atoms with Gasteiger partial charge in [0, 0.05) is 17.9 Å². The highest BCUT2D eigenvalue weighted by atomic mass is 15.0. The zero-order chi connectivity index (χ0) is 13.7. The van der Waals surface area contributed by atoms with Crippen molar-refractivity contribution in [3.05, 3.63) is 53.2 Å². The zero-order valence-electron chi connectivity index (χ0n) is 10.9. The number of nitrogens with zero attached hydrogens (tertiary/aromatic N) is 2. The lowest BCUT2D eigenvalue weighted by Gasteiger charge is -2.08. The van der Waals surface area contributed by atoms with Crippen molar-refractivity contribution in [2.45, 2.75) is 13.3 Å². The van der Waals surface area contributed by atoms with Crippen molar-refractivity contribution >= 4 is 11.5 Å². The van der Waals surface area contributed by atoms with Gasteiger partial charge in [-0.05, 0) is 43.2 Å². The standard InChI is InChI=1S/C15H16N4/c1-11-2-5-13(10-16)15(19-11)18-9-8-12-3-6-14(17)7-4-12/h2-7H,8-9,17H2,1H3,(H,18,19). The summed E-state index contributed by atoms with van der Waals surface area (Å²) < 4.78 is 0. The third-order valence-electron chi connectivity index (χ3n) is 2.84. The summed E-state index contributed by atoms with van der Waals surface area (Å²) in [5.74, 6) is 0.651. The van der Waals surface area contributed by atoms with Crippen molar-refractivity contribution in [1.82, 2.24) is 4.98 Å². The van der Waals surface area contributed by atoms with Crippen molar-refractivity contribution in [3.8, 4) is 6.07 Å². The first-order valence-corrected chi connectivity index (χ1v) is 6.15. The Morgan fingerprint density at radius 3 is 2.63 bits per heavy atom. The molecule has 2 aromatic rings. The number of rotatable bonds is 4. The van der Waals surface area contributed by atoms with Gasteiger partial charge in [0.25, 0.3) is 0 Å². The minimum atomic E-state index is 0.572. The molecule has 96 valence electrons. The van der Waals surface area contributed by atoms with E-state index in [1.807, 2.05) is 37.3 Å². The minimum absolute atomic E-state index is 0.572. The van der Waals surface area contributed by atoms with Crippen LogP contribution in [-0.2, 0) is 6.42 Å². The van der Waals surface area contributed by atoms with Crippen molar-refractivity contribution < 1.29 is 0 Å². The van der Waals surface area contributed by atoms with Crippen molar-refractivity contribution in [2.75, 3.05) is 17.6 Å². The van der Waals surface area contributed by atoms with E-state index in [-0.39, 0.29) is 0 Å². The largest absolute Gasteiger partial charge is 0.399 e. The molecule has 1 heterocycles. The molecule has 0 bridgehead atoms. The third-order valence-corrected chi connectivity index (χ3v) is 2.84. The Labute approximate surface area is 112 Å². The molecule has 0 aliphatic carbocycles. The van der Waals surface area contributed by atoms with Crippen LogP contribution in [0.5, 0.6) is 0 Å². The second-order valence-electron chi connectivity index (χ2n) is 4.38. The third kappa shape index (κ3) is 3.46. The van der Waals surface area contributed by atoms with Gasteiger partial charge in [-0.1, -0.05) is 12.1 Å². The number of nitrogens with two attached hydrogens (primary N) is 1. The Morgan fingerprint density at radius 1 is 1.21 bits per heavy atom. The highest BCUT2D eigenvalue weighted by molar-refractivity contribution is 5.52. The number of anilines is 2. The summed E-state index contributed by atoms with van der Waals surface area (Å²) in [4.78, 5) is 4.34. The van der Waals surface area contributed by atoms with E-state index in [0.29, 0.717) is 11.4 Å². The molecule has 0 aliphatic heterocycles. The van der Waals surface area contributed by atoms with Gasteiger partial charge in [-0.15, -0.1) is 0 Å². The van der Waals surface area contributed by atoms with Crippen molar-refractivity contribution in [3.63, 3.8) is 0 Å². The SMILES string of the molecule is Cc1ccc(C#N)c(NCCc2ccc(N)cc2)n1. The van der Waals surface area contributed by atoms with E-state index in [9.17, 15) is 0 Å². The number of aryl methyl sites for hydroxylation is 1. The molecule has 0 saturated carbocycles. The normalized spacial score (nSPS) is 9.89. The number of nitrogen functional groups attached to an aromatic ring is 1. The molecule has 4 nitrogen and oxygen atoms in total. The van der Waals surface area contributed by atoms with E-state index in [1.165, 1.54) is 5.56 Å². The Bertz CT molecular complexity index is 597. The van der Waals surface area contributed by atoms with Gasteiger partial charge < -0.3 is 11.1 Å². The monoisotopic (exact) mass is 252 g/mol. The number of benzene rings is 1. The molecule has 0 fully saturated rings. The molecule has 0 spiro atoms. The summed E-state index contributed by atoms with van der Waals surface area (Å²) in [6, 6.07) is 13.6. The zero-order valence-corrected chi connectivity index (χ0v) is 10.9. The maximum absolute atomic E-state index is 9.01. The van der Waals surface area contributed by atoms with Crippen LogP contribution in [0.2, 0.25) is 0 Å². The molecule has 0 radical (unpaired) electrons. The highest BCUT2D eigenvalue weighted by Crippen LogP contribution is 2.12. The van der Waals surface area contributed by atoms with Crippen LogP contribution in [0.3, 0.4) is 0 Å². The Kier molecular flexibility index (Phi) is 3.99. The lowest BCUT2D eigenvalue weighted by atomic mass is 10.1. The van der Waals surface area contributed by atoms with Gasteiger partial charge >= 0.3 is 0 Å². The number of aromatic nitrogens is 1. The molecule has 19 heavy (non-hydrogen) atoms. The van der Waals surface area contributed by atoms with E-state index < -0.39 is 0 Å². The summed E-state index contributed by atoms with van der Waals surface area (Å²) >= 11 is 0. The van der Waals surface area contributed by atoms with Gasteiger partial charge in [0.15, 0.2) is 0 Å². The summed E-state index contributed by atoms with van der Waals surface area (Å²) in [6.45, 7) is 2.64. The highest BCUT2D eigenvalue weighted by Gasteiger charge is 2.03. The average molecular weight is 252 g/mol. The molecule has 0 atom stereocenters. The van der Waals surface area contributed by atoms with E-state index in [0.717, 1.165) is 24.3 Å². The fourth-order valence-corrected chi connectivity index (χ4v) is 1.79. The predicted molar refractivity (Wildman–Crippen MR) is 76.7 cm³/mol. The molecular formula is C15H16N4. The summed E-state index contributed by atoms with van der Waals surface area (Å²) in [5, 5.41) is 12.2. The van der Waals surface area contributed by atoms with Crippen LogP contribution in [0.15, 0.2) is 36.4 Å². The first kappa shape index (κ1) is 12.9. The predicted octanol–water partition coefficient (Wildman–Crippen LogP) is 2.50. The maximum atomic E-state index is 9.01.